The number of nitrogens with zero attached hydrogens (tertiary/aromatic N) is 2. The summed E-state index contributed by atoms with van der Waals surface area (Å²) in [7, 11) is 0. The molecule has 2 fully saturated rings. The van der Waals surface area contributed by atoms with Gasteiger partial charge in [-0.25, -0.2) is 0 Å². The van der Waals surface area contributed by atoms with Crippen molar-refractivity contribution in [2.75, 3.05) is 24.5 Å². The number of carbonyl (C=O) groups excluding carboxylic acids is 1. The first-order valence-corrected chi connectivity index (χ1v) is 7.32. The van der Waals surface area contributed by atoms with Gasteiger partial charge in [0.15, 0.2) is 6.29 Å². The Morgan fingerprint density at radius 2 is 2.21 bits per heavy atom. The fraction of sp³-hybridized carbons (Fsp3) is 0.533. The highest BCUT2D eigenvalue weighted by Gasteiger charge is 2.35. The molecule has 3 rings (SSSR count). The third kappa shape index (κ3) is 2.37. The van der Waals surface area contributed by atoms with Gasteiger partial charge in [0.1, 0.15) is 0 Å². The Labute approximate surface area is 119 Å². The molecule has 0 bridgehead atoms. The predicted octanol–water partition coefficient (Wildman–Crippen LogP) is 2.83. The Kier molecular flexibility index (Phi) is 3.50. The number of carbonyl (C=O) groups is 1. The van der Waals surface area contributed by atoms with Crippen LogP contribution in [0.4, 0.5) is 5.69 Å². The second-order valence-corrected chi connectivity index (χ2v) is 6.05. The minimum Gasteiger partial charge on any atom is -0.365 e. The molecular formula is C15H19ClN2O. The lowest BCUT2D eigenvalue weighted by Crippen LogP contribution is -2.55. The van der Waals surface area contributed by atoms with Gasteiger partial charge in [-0.3, -0.25) is 9.69 Å². The van der Waals surface area contributed by atoms with Crippen LogP contribution in [0.5, 0.6) is 0 Å². The number of rotatable bonds is 2. The monoisotopic (exact) mass is 278 g/mol. The van der Waals surface area contributed by atoms with E-state index in [2.05, 4.69) is 16.7 Å². The average molecular weight is 279 g/mol. The lowest BCUT2D eigenvalue weighted by Gasteiger charge is -2.44. The highest BCUT2D eigenvalue weighted by molar-refractivity contribution is 6.31. The fourth-order valence-corrected chi connectivity index (χ4v) is 3.55. The summed E-state index contributed by atoms with van der Waals surface area (Å²) in [6.45, 7) is 5.53. The smallest absolute Gasteiger partial charge is 0.152 e. The molecule has 1 aromatic carbocycles. The zero-order valence-electron chi connectivity index (χ0n) is 11.2. The Balaban J connectivity index is 1.92. The molecule has 2 aliphatic rings. The number of fused-ring (bicyclic) bond motifs is 1. The van der Waals surface area contributed by atoms with E-state index in [0.717, 1.165) is 30.6 Å². The van der Waals surface area contributed by atoms with Gasteiger partial charge in [0.25, 0.3) is 0 Å². The lowest BCUT2D eigenvalue weighted by molar-refractivity contribution is 0.112. The number of piperazine rings is 1. The molecule has 19 heavy (non-hydrogen) atoms. The topological polar surface area (TPSA) is 23.6 Å². The predicted molar refractivity (Wildman–Crippen MR) is 78.2 cm³/mol. The van der Waals surface area contributed by atoms with Crippen molar-refractivity contribution >= 4 is 23.6 Å². The highest BCUT2D eigenvalue weighted by Crippen LogP contribution is 2.31. The zero-order chi connectivity index (χ0) is 13.4. The Hall–Kier alpha value is -1.06. The van der Waals surface area contributed by atoms with Gasteiger partial charge in [0, 0.05) is 41.4 Å². The quantitative estimate of drug-likeness (QED) is 0.777. The van der Waals surface area contributed by atoms with Crippen molar-refractivity contribution in [2.45, 2.75) is 31.8 Å². The highest BCUT2D eigenvalue weighted by atomic mass is 35.5. The normalized spacial score (nSPS) is 27.4. The number of halogens is 1. The van der Waals surface area contributed by atoms with Gasteiger partial charge < -0.3 is 4.90 Å². The van der Waals surface area contributed by atoms with Crippen molar-refractivity contribution in [1.82, 2.24) is 4.90 Å². The van der Waals surface area contributed by atoms with E-state index < -0.39 is 0 Å². The van der Waals surface area contributed by atoms with Gasteiger partial charge in [0.2, 0.25) is 0 Å². The van der Waals surface area contributed by atoms with Crippen molar-refractivity contribution in [3.05, 3.63) is 28.8 Å². The minimum absolute atomic E-state index is 0.423. The maximum atomic E-state index is 11.2. The van der Waals surface area contributed by atoms with Crippen LogP contribution in [-0.2, 0) is 0 Å². The van der Waals surface area contributed by atoms with E-state index in [9.17, 15) is 4.79 Å². The third-order valence-corrected chi connectivity index (χ3v) is 4.60. The van der Waals surface area contributed by atoms with Gasteiger partial charge in [-0.15, -0.1) is 0 Å². The summed E-state index contributed by atoms with van der Waals surface area (Å²) >= 11 is 6.10. The molecular weight excluding hydrogens is 260 g/mol. The lowest BCUT2D eigenvalue weighted by atomic mass is 10.0. The number of hydrogen-bond acceptors (Lipinski definition) is 3. The molecule has 0 radical (unpaired) electrons. The summed E-state index contributed by atoms with van der Waals surface area (Å²) < 4.78 is 0. The molecule has 0 spiro atoms. The van der Waals surface area contributed by atoms with Crippen LogP contribution in [-0.4, -0.2) is 42.9 Å². The standard InChI is InChI=1S/C15H19ClN2O/c1-11-8-17-6-2-3-14(17)9-18(11)15-7-13(16)5-4-12(15)10-19/h4-5,7,10-11,14H,2-3,6,8-9H2,1H3. The second kappa shape index (κ2) is 5.14. The summed E-state index contributed by atoms with van der Waals surface area (Å²) in [4.78, 5) is 16.2. The molecule has 2 heterocycles. The molecule has 2 atom stereocenters. The van der Waals surface area contributed by atoms with Gasteiger partial charge in [0.05, 0.1) is 0 Å². The Morgan fingerprint density at radius 3 is 3.00 bits per heavy atom. The average Bonchev–Trinajstić information content (AvgIpc) is 2.84. The fourth-order valence-electron chi connectivity index (χ4n) is 3.39. The van der Waals surface area contributed by atoms with E-state index >= 15 is 0 Å². The van der Waals surface area contributed by atoms with E-state index in [1.165, 1.54) is 19.4 Å². The molecule has 4 heteroatoms. The maximum Gasteiger partial charge on any atom is 0.152 e. The van der Waals surface area contributed by atoms with Crippen molar-refractivity contribution in [3.8, 4) is 0 Å². The molecule has 0 aliphatic carbocycles. The molecule has 2 aliphatic heterocycles. The number of aldehydes is 1. The molecule has 1 aromatic rings. The molecule has 3 nitrogen and oxygen atoms in total. The van der Waals surface area contributed by atoms with Crippen LogP contribution in [0.25, 0.3) is 0 Å². The van der Waals surface area contributed by atoms with E-state index in [0.29, 0.717) is 17.1 Å². The van der Waals surface area contributed by atoms with E-state index in [-0.39, 0.29) is 0 Å². The molecule has 0 saturated carbocycles. The largest absolute Gasteiger partial charge is 0.365 e. The van der Waals surface area contributed by atoms with Gasteiger partial charge in [-0.2, -0.15) is 0 Å². The van der Waals surface area contributed by atoms with Crippen molar-refractivity contribution in [1.29, 1.82) is 0 Å². The molecule has 102 valence electrons. The first-order chi connectivity index (χ1) is 9.19. The molecule has 0 aromatic heterocycles. The first kappa shape index (κ1) is 12.9. The second-order valence-electron chi connectivity index (χ2n) is 5.61. The van der Waals surface area contributed by atoms with Gasteiger partial charge in [-0.1, -0.05) is 11.6 Å². The maximum absolute atomic E-state index is 11.2. The van der Waals surface area contributed by atoms with Crippen molar-refractivity contribution < 1.29 is 4.79 Å². The number of benzene rings is 1. The minimum atomic E-state index is 0.423. The zero-order valence-corrected chi connectivity index (χ0v) is 11.9. The van der Waals surface area contributed by atoms with Crippen LogP contribution < -0.4 is 4.90 Å². The number of anilines is 1. The molecule has 0 N–H and O–H groups in total. The summed E-state index contributed by atoms with van der Waals surface area (Å²) in [5.74, 6) is 0. The van der Waals surface area contributed by atoms with Crippen LogP contribution in [0.15, 0.2) is 18.2 Å². The first-order valence-electron chi connectivity index (χ1n) is 6.94. The number of hydrogen-bond donors (Lipinski definition) is 0. The summed E-state index contributed by atoms with van der Waals surface area (Å²) in [6.07, 6.45) is 3.49. The van der Waals surface area contributed by atoms with Crippen molar-refractivity contribution in [3.63, 3.8) is 0 Å². The Bertz CT molecular complexity index is 491. The van der Waals surface area contributed by atoms with Crippen LogP contribution in [0.1, 0.15) is 30.1 Å². The summed E-state index contributed by atoms with van der Waals surface area (Å²) in [5.41, 5.74) is 1.73. The SMILES string of the molecule is CC1CN2CCCC2CN1c1cc(Cl)ccc1C=O. The Morgan fingerprint density at radius 1 is 1.37 bits per heavy atom. The van der Waals surface area contributed by atoms with Crippen LogP contribution in [0.2, 0.25) is 5.02 Å². The van der Waals surface area contributed by atoms with Gasteiger partial charge in [-0.05, 0) is 44.5 Å². The van der Waals surface area contributed by atoms with Crippen LogP contribution in [0, 0.1) is 0 Å². The molecule has 2 saturated heterocycles. The molecule has 2 unspecified atom stereocenters. The summed E-state index contributed by atoms with van der Waals surface area (Å²) in [6, 6.07) is 6.58. The van der Waals surface area contributed by atoms with Crippen molar-refractivity contribution in [2.24, 2.45) is 0 Å². The van der Waals surface area contributed by atoms with Gasteiger partial charge >= 0.3 is 0 Å². The molecule has 0 amide bonds. The van der Waals surface area contributed by atoms with Crippen LogP contribution >= 0.6 is 11.6 Å². The van der Waals surface area contributed by atoms with E-state index in [4.69, 9.17) is 11.6 Å². The van der Waals surface area contributed by atoms with E-state index in [1.807, 2.05) is 12.1 Å². The third-order valence-electron chi connectivity index (χ3n) is 4.37. The van der Waals surface area contributed by atoms with Crippen LogP contribution in [0.3, 0.4) is 0 Å². The summed E-state index contributed by atoms with van der Waals surface area (Å²) in [5, 5.41) is 0.696. The van der Waals surface area contributed by atoms with E-state index in [1.54, 1.807) is 6.07 Å².